The summed E-state index contributed by atoms with van der Waals surface area (Å²) in [6.07, 6.45) is 0. The Morgan fingerprint density at radius 1 is 0.800 bits per heavy atom. The second-order valence-corrected chi connectivity index (χ2v) is 0. The van der Waals surface area contributed by atoms with Crippen molar-refractivity contribution in [2.75, 3.05) is 0 Å². The van der Waals surface area contributed by atoms with Crippen molar-refractivity contribution in [3.8, 4) is 0 Å². The standard InChI is InChI=1S/2ClH2N.ClH/c2*1-2;/h2*2H2;1H. The summed E-state index contributed by atoms with van der Waals surface area (Å²) in [7, 11) is 0. The molecule has 0 fully saturated rings. The molecule has 5 heteroatoms. The van der Waals surface area contributed by atoms with Crippen molar-refractivity contribution in [2.24, 2.45) is 10.5 Å². The van der Waals surface area contributed by atoms with Crippen LogP contribution in [0.4, 0.5) is 0 Å². The van der Waals surface area contributed by atoms with Crippen LogP contribution in [-0.2, 0) is 0 Å². The van der Waals surface area contributed by atoms with Gasteiger partial charge in [-0.1, -0.05) is 0 Å². The third-order valence-electron chi connectivity index (χ3n) is 0. The fourth-order valence-electron chi connectivity index (χ4n) is 0. The third kappa shape index (κ3) is 59.7. The molecule has 0 atom stereocenters. The Bertz CT molecular complexity index is 4.85. The van der Waals surface area contributed by atoms with E-state index >= 15 is 0 Å². The normalized spacial score (nSPS) is 2.40. The molecule has 0 radical (unpaired) electrons. The molecule has 0 spiro atoms. The van der Waals surface area contributed by atoms with Crippen LogP contribution in [0.3, 0.4) is 0 Å². The lowest BCUT2D eigenvalue weighted by atomic mass is 14.0. The van der Waals surface area contributed by atoms with Gasteiger partial charge in [-0.25, -0.2) is 10.5 Å². The van der Waals surface area contributed by atoms with Crippen molar-refractivity contribution in [1.29, 1.82) is 0 Å². The first-order chi connectivity index (χ1) is 2.00. The highest BCUT2D eigenvalue weighted by molar-refractivity contribution is 6.11. The van der Waals surface area contributed by atoms with Crippen molar-refractivity contribution in [3.63, 3.8) is 0 Å². The topological polar surface area (TPSA) is 52.0 Å². The molecule has 0 saturated carbocycles. The Balaban J connectivity index is -0.0000000133. The molecule has 36 valence electrons. The third-order valence-corrected chi connectivity index (χ3v) is 0. The Morgan fingerprint density at radius 2 is 0.800 bits per heavy atom. The van der Waals surface area contributed by atoms with Crippen LogP contribution in [0.5, 0.6) is 0 Å². The molecule has 0 aliphatic heterocycles. The maximum atomic E-state index is 4.14. The highest BCUT2D eigenvalue weighted by Crippen LogP contribution is 1.15. The molecule has 0 aromatic rings. The van der Waals surface area contributed by atoms with Gasteiger partial charge >= 0.3 is 0 Å². The van der Waals surface area contributed by atoms with E-state index in [0.717, 1.165) is 0 Å². The van der Waals surface area contributed by atoms with Gasteiger partial charge in [0.25, 0.3) is 0 Å². The smallest absolute Gasteiger partial charge is 0.0285 e. The Morgan fingerprint density at radius 3 is 0.800 bits per heavy atom. The molecule has 5 heavy (non-hydrogen) atoms. The summed E-state index contributed by atoms with van der Waals surface area (Å²) in [5.74, 6) is 0. The predicted octanol–water partition coefficient (Wildman–Crippen LogP) is 0.620. The molecule has 0 amide bonds. The number of halogens is 3. The van der Waals surface area contributed by atoms with Crippen LogP contribution in [0.15, 0.2) is 0 Å². The fraction of sp³-hybridized carbons (Fsp3) is 0. The van der Waals surface area contributed by atoms with Crippen LogP contribution in [-0.4, -0.2) is 0 Å². The van der Waals surface area contributed by atoms with E-state index in [1.165, 1.54) is 0 Å². The molecule has 0 bridgehead atoms. The summed E-state index contributed by atoms with van der Waals surface area (Å²) in [6, 6.07) is 0. The van der Waals surface area contributed by atoms with E-state index in [9.17, 15) is 0 Å². The second kappa shape index (κ2) is 110. The van der Waals surface area contributed by atoms with Crippen LogP contribution >= 0.6 is 36.0 Å². The highest BCUT2D eigenvalue weighted by atomic mass is 35.5. The van der Waals surface area contributed by atoms with Crippen LogP contribution in [0.1, 0.15) is 0 Å². The molecule has 0 aromatic carbocycles. The minimum Gasteiger partial charge on any atom is -0.247 e. The molecule has 0 rings (SSSR count). The molecule has 0 heterocycles. The molecule has 0 aliphatic rings. The zero-order valence-corrected chi connectivity index (χ0v) is 4.65. The van der Waals surface area contributed by atoms with Gasteiger partial charge in [0.05, 0.1) is 0 Å². The Hall–Kier alpha value is 0.790. The number of hydrogen-bond acceptors (Lipinski definition) is 2. The van der Waals surface area contributed by atoms with Gasteiger partial charge in [-0.3, -0.25) is 0 Å². The van der Waals surface area contributed by atoms with Gasteiger partial charge in [0.1, 0.15) is 0 Å². The first-order valence-electron chi connectivity index (χ1n) is 0.436. The van der Waals surface area contributed by atoms with Gasteiger partial charge in [-0.2, -0.15) is 0 Å². The lowest BCUT2D eigenvalue weighted by molar-refractivity contribution is 2.00. The molecule has 2 nitrogen and oxygen atoms in total. The van der Waals surface area contributed by atoms with E-state index in [1.807, 2.05) is 0 Å². The fourth-order valence-corrected chi connectivity index (χ4v) is 0. The molecule has 0 saturated heterocycles. The van der Waals surface area contributed by atoms with Gasteiger partial charge in [0, 0.05) is 0 Å². The minimum atomic E-state index is 0. The summed E-state index contributed by atoms with van der Waals surface area (Å²) in [6.45, 7) is 0. The van der Waals surface area contributed by atoms with Crippen LogP contribution in [0.2, 0.25) is 0 Å². The number of rotatable bonds is 0. The summed E-state index contributed by atoms with van der Waals surface area (Å²) in [5.41, 5.74) is 0. The number of hydrogen-bond donors (Lipinski definition) is 2. The van der Waals surface area contributed by atoms with Gasteiger partial charge < -0.3 is 0 Å². The van der Waals surface area contributed by atoms with E-state index in [1.54, 1.807) is 0 Å². The molecule has 0 unspecified atom stereocenters. The van der Waals surface area contributed by atoms with Crippen LogP contribution in [0.25, 0.3) is 0 Å². The largest absolute Gasteiger partial charge is 0.247 e. The lowest BCUT2D eigenvalue weighted by Crippen LogP contribution is -1.48. The van der Waals surface area contributed by atoms with E-state index < -0.39 is 0 Å². The van der Waals surface area contributed by atoms with E-state index in [-0.39, 0.29) is 12.4 Å². The predicted molar refractivity (Wildman–Crippen MR) is 27.3 cm³/mol. The van der Waals surface area contributed by atoms with E-state index in [2.05, 4.69) is 34.1 Å². The van der Waals surface area contributed by atoms with Crippen molar-refractivity contribution < 1.29 is 0 Å². The quantitative estimate of drug-likeness (QED) is 0.484. The SMILES string of the molecule is Cl.NCl.NCl. The highest BCUT2D eigenvalue weighted by Gasteiger charge is 0.870. The summed E-state index contributed by atoms with van der Waals surface area (Å²) < 4.78 is 0. The van der Waals surface area contributed by atoms with Crippen molar-refractivity contribution >= 4 is 36.0 Å². The van der Waals surface area contributed by atoms with Gasteiger partial charge in [-0.05, 0) is 23.6 Å². The van der Waals surface area contributed by atoms with Crippen LogP contribution in [0, 0.1) is 0 Å². The van der Waals surface area contributed by atoms with E-state index in [0.29, 0.717) is 0 Å². The lowest BCUT2D eigenvalue weighted by Gasteiger charge is -1.14. The zero-order valence-electron chi connectivity index (χ0n) is 2.32. The molecular formula is H5Cl3N2. The average Bonchev–Trinajstić information content (AvgIpc) is 1.50. The molecule has 0 aliphatic carbocycles. The Labute approximate surface area is 47.0 Å². The maximum absolute atomic E-state index is 4.14. The average molecular weight is 139 g/mol. The van der Waals surface area contributed by atoms with Crippen molar-refractivity contribution in [1.82, 2.24) is 0 Å². The van der Waals surface area contributed by atoms with Crippen molar-refractivity contribution in [2.45, 2.75) is 0 Å². The first kappa shape index (κ1) is 17.1. The second-order valence-electron chi connectivity index (χ2n) is 0. The zero-order chi connectivity index (χ0) is 4.00. The Kier molecular flexibility index (Phi) is 376. The van der Waals surface area contributed by atoms with Crippen LogP contribution < -0.4 is 10.5 Å². The first-order valence-corrected chi connectivity index (χ1v) is 1.31. The summed E-state index contributed by atoms with van der Waals surface area (Å²) in [5, 5.41) is 7.94. The molecule has 0 aromatic heterocycles. The summed E-state index contributed by atoms with van der Waals surface area (Å²) in [4.78, 5) is 0. The van der Waals surface area contributed by atoms with E-state index in [4.69, 9.17) is 0 Å². The number of nitrogens with two attached hydrogens (primary N) is 2. The molecule has 4 N–H and O–H groups in total. The van der Waals surface area contributed by atoms with Gasteiger partial charge in [0.15, 0.2) is 0 Å². The van der Waals surface area contributed by atoms with Crippen molar-refractivity contribution in [3.05, 3.63) is 0 Å². The minimum absolute atomic E-state index is 0. The van der Waals surface area contributed by atoms with Gasteiger partial charge in [-0.15, -0.1) is 12.4 Å². The maximum Gasteiger partial charge on any atom is -0.0285 e. The monoisotopic (exact) mass is 138 g/mol. The summed E-state index contributed by atoms with van der Waals surface area (Å²) >= 11 is 8.28. The molecular weight excluding hydrogens is 134 g/mol. The van der Waals surface area contributed by atoms with Gasteiger partial charge in [0.2, 0.25) is 0 Å².